The molecule has 13 heavy (non-hydrogen) atoms. The molecule has 0 radical (unpaired) electrons. The van der Waals surface area contributed by atoms with Crippen LogP contribution in [-0.2, 0) is 14.4 Å². The number of aldehydes is 1. The molecule has 0 aliphatic carbocycles. The van der Waals surface area contributed by atoms with Gasteiger partial charge in [-0.25, -0.2) is 0 Å². The molecule has 0 rings (SSSR count). The van der Waals surface area contributed by atoms with Crippen LogP contribution in [0.25, 0.3) is 0 Å². The van der Waals surface area contributed by atoms with Crippen LogP contribution in [0.5, 0.6) is 0 Å². The molecule has 2 unspecified atom stereocenters. The zero-order chi connectivity index (χ0) is 10.4. The fourth-order valence-corrected chi connectivity index (χ4v) is 0.754. The maximum Gasteiger partial charge on any atom is 0.242 e. The van der Waals surface area contributed by atoms with E-state index in [1.54, 1.807) is 13.8 Å². The van der Waals surface area contributed by atoms with Gasteiger partial charge in [0.2, 0.25) is 11.8 Å². The lowest BCUT2D eigenvalue weighted by Gasteiger charge is -2.13. The predicted molar refractivity (Wildman–Crippen MR) is 46.9 cm³/mol. The Kier molecular flexibility index (Phi) is 4.72. The largest absolute Gasteiger partial charge is 0.345 e. The van der Waals surface area contributed by atoms with E-state index in [4.69, 9.17) is 0 Å². The second kappa shape index (κ2) is 5.29. The highest BCUT2D eigenvalue weighted by atomic mass is 16.2. The van der Waals surface area contributed by atoms with Gasteiger partial charge in [0.1, 0.15) is 12.3 Å². The highest BCUT2D eigenvalue weighted by molar-refractivity contribution is 5.87. The molecule has 0 heterocycles. The molecule has 0 aromatic rings. The van der Waals surface area contributed by atoms with E-state index in [2.05, 4.69) is 10.6 Å². The monoisotopic (exact) mass is 186 g/mol. The van der Waals surface area contributed by atoms with Crippen molar-refractivity contribution >= 4 is 18.1 Å². The molecule has 5 nitrogen and oxygen atoms in total. The first kappa shape index (κ1) is 11.6. The van der Waals surface area contributed by atoms with Crippen LogP contribution in [0.15, 0.2) is 0 Å². The van der Waals surface area contributed by atoms with Gasteiger partial charge in [0.15, 0.2) is 0 Å². The number of hydrogen-bond acceptors (Lipinski definition) is 3. The van der Waals surface area contributed by atoms with Crippen LogP contribution in [0.3, 0.4) is 0 Å². The van der Waals surface area contributed by atoms with Crippen molar-refractivity contribution in [2.45, 2.75) is 32.9 Å². The lowest BCUT2D eigenvalue weighted by atomic mass is 10.3. The zero-order valence-electron chi connectivity index (χ0n) is 7.96. The van der Waals surface area contributed by atoms with Crippen molar-refractivity contribution in [1.29, 1.82) is 0 Å². The van der Waals surface area contributed by atoms with Crippen molar-refractivity contribution in [3.05, 3.63) is 0 Å². The molecular weight excluding hydrogens is 172 g/mol. The van der Waals surface area contributed by atoms with Crippen molar-refractivity contribution < 1.29 is 14.4 Å². The van der Waals surface area contributed by atoms with Crippen molar-refractivity contribution in [1.82, 2.24) is 10.6 Å². The Labute approximate surface area is 76.9 Å². The van der Waals surface area contributed by atoms with Crippen LogP contribution in [0, 0.1) is 0 Å². The summed E-state index contributed by atoms with van der Waals surface area (Å²) in [6.45, 7) is 4.44. The van der Waals surface area contributed by atoms with E-state index in [0.717, 1.165) is 0 Å². The summed E-state index contributed by atoms with van der Waals surface area (Å²) in [7, 11) is 0. The molecule has 74 valence electrons. The molecule has 0 fully saturated rings. The molecule has 0 saturated heterocycles. The van der Waals surface area contributed by atoms with Crippen LogP contribution in [0.1, 0.15) is 20.8 Å². The van der Waals surface area contributed by atoms with Gasteiger partial charge >= 0.3 is 0 Å². The summed E-state index contributed by atoms with van der Waals surface area (Å²) in [5, 5.41) is 4.82. The summed E-state index contributed by atoms with van der Waals surface area (Å²) in [6, 6.07) is -1.14. The Morgan fingerprint density at radius 1 is 1.23 bits per heavy atom. The van der Waals surface area contributed by atoms with Crippen LogP contribution in [0.4, 0.5) is 0 Å². The van der Waals surface area contributed by atoms with Crippen LogP contribution >= 0.6 is 0 Å². The summed E-state index contributed by atoms with van der Waals surface area (Å²) >= 11 is 0. The summed E-state index contributed by atoms with van der Waals surface area (Å²) < 4.78 is 0. The maximum absolute atomic E-state index is 11.2. The van der Waals surface area contributed by atoms with Gasteiger partial charge < -0.3 is 15.4 Å². The SMILES string of the molecule is CC(=O)NC(C)C(=O)NC(C)C=O. The van der Waals surface area contributed by atoms with E-state index >= 15 is 0 Å². The summed E-state index contributed by atoms with van der Waals surface area (Å²) in [6.07, 6.45) is 0.623. The van der Waals surface area contributed by atoms with E-state index in [-0.39, 0.29) is 11.8 Å². The van der Waals surface area contributed by atoms with Gasteiger partial charge in [-0.2, -0.15) is 0 Å². The maximum atomic E-state index is 11.2. The Bertz CT molecular complexity index is 215. The number of nitrogens with one attached hydrogen (secondary N) is 2. The molecule has 0 aliphatic rings. The van der Waals surface area contributed by atoms with Crippen molar-refractivity contribution in [2.24, 2.45) is 0 Å². The minimum absolute atomic E-state index is 0.276. The fraction of sp³-hybridized carbons (Fsp3) is 0.625. The van der Waals surface area contributed by atoms with Crippen LogP contribution in [0.2, 0.25) is 0 Å². The normalized spacial score (nSPS) is 14.1. The van der Waals surface area contributed by atoms with E-state index in [0.29, 0.717) is 6.29 Å². The highest BCUT2D eigenvalue weighted by Gasteiger charge is 2.14. The average molecular weight is 186 g/mol. The van der Waals surface area contributed by atoms with Gasteiger partial charge in [-0.05, 0) is 13.8 Å². The third-order valence-electron chi connectivity index (χ3n) is 1.39. The smallest absolute Gasteiger partial charge is 0.242 e. The molecule has 0 spiro atoms. The van der Waals surface area contributed by atoms with Gasteiger partial charge in [-0.3, -0.25) is 9.59 Å². The summed E-state index contributed by atoms with van der Waals surface area (Å²) in [5.74, 6) is -0.642. The second-order valence-electron chi connectivity index (χ2n) is 2.86. The van der Waals surface area contributed by atoms with Gasteiger partial charge in [0.05, 0.1) is 6.04 Å². The summed E-state index contributed by atoms with van der Waals surface area (Å²) in [4.78, 5) is 31.9. The third kappa shape index (κ3) is 4.95. The molecule has 0 aromatic carbocycles. The molecule has 0 saturated carbocycles. The van der Waals surface area contributed by atoms with Gasteiger partial charge in [-0.1, -0.05) is 0 Å². The molecule has 0 aliphatic heterocycles. The minimum atomic E-state index is -0.611. The molecule has 2 atom stereocenters. The van der Waals surface area contributed by atoms with E-state index in [9.17, 15) is 14.4 Å². The number of amides is 2. The van der Waals surface area contributed by atoms with Gasteiger partial charge in [0, 0.05) is 6.92 Å². The number of carbonyl (C=O) groups excluding carboxylic acids is 3. The topological polar surface area (TPSA) is 75.3 Å². The number of carbonyl (C=O) groups is 3. The van der Waals surface area contributed by atoms with Crippen LogP contribution < -0.4 is 10.6 Å². The molecule has 2 N–H and O–H groups in total. The van der Waals surface area contributed by atoms with Crippen molar-refractivity contribution in [2.75, 3.05) is 0 Å². The molecule has 0 aromatic heterocycles. The molecular formula is C8H14N2O3. The van der Waals surface area contributed by atoms with Crippen molar-refractivity contribution in [3.8, 4) is 0 Å². The Morgan fingerprint density at radius 3 is 2.15 bits per heavy atom. The van der Waals surface area contributed by atoms with E-state index in [1.165, 1.54) is 6.92 Å². The molecule has 0 bridgehead atoms. The predicted octanol–water partition coefficient (Wildman–Crippen LogP) is -0.785. The lowest BCUT2D eigenvalue weighted by molar-refractivity contribution is -0.128. The Balaban J connectivity index is 3.95. The Hall–Kier alpha value is -1.39. The van der Waals surface area contributed by atoms with Crippen LogP contribution in [-0.4, -0.2) is 30.2 Å². The highest BCUT2D eigenvalue weighted by Crippen LogP contribution is 1.84. The lowest BCUT2D eigenvalue weighted by Crippen LogP contribution is -2.47. The first-order valence-electron chi connectivity index (χ1n) is 4.00. The second-order valence-corrected chi connectivity index (χ2v) is 2.86. The Morgan fingerprint density at radius 2 is 1.77 bits per heavy atom. The molecule has 5 heteroatoms. The standard InChI is InChI=1S/C8H14N2O3/c1-5(4-11)9-8(13)6(2)10-7(3)12/h4-6H,1-3H3,(H,9,13)(H,10,12). The first-order valence-corrected chi connectivity index (χ1v) is 4.00. The van der Waals surface area contributed by atoms with Crippen molar-refractivity contribution in [3.63, 3.8) is 0 Å². The number of hydrogen-bond donors (Lipinski definition) is 2. The minimum Gasteiger partial charge on any atom is -0.345 e. The number of rotatable bonds is 4. The summed E-state index contributed by atoms with van der Waals surface area (Å²) in [5.41, 5.74) is 0. The zero-order valence-corrected chi connectivity index (χ0v) is 7.96. The fourth-order valence-electron chi connectivity index (χ4n) is 0.754. The molecule has 2 amide bonds. The van der Waals surface area contributed by atoms with Gasteiger partial charge in [-0.15, -0.1) is 0 Å². The third-order valence-corrected chi connectivity index (χ3v) is 1.39. The first-order chi connectivity index (χ1) is 5.97. The van der Waals surface area contributed by atoms with E-state index < -0.39 is 12.1 Å². The van der Waals surface area contributed by atoms with E-state index in [1.807, 2.05) is 0 Å². The van der Waals surface area contributed by atoms with Gasteiger partial charge in [0.25, 0.3) is 0 Å². The average Bonchev–Trinajstić information content (AvgIpc) is 2.02. The quantitative estimate of drug-likeness (QED) is 0.565.